The Balaban J connectivity index is 0. The lowest BCUT2D eigenvalue weighted by Gasteiger charge is -2.28. The molecule has 1 nitrogen and oxygen atoms in total. The topological polar surface area (TPSA) is 12.4 Å². The third kappa shape index (κ3) is 10.3. The number of benzene rings is 2. The zero-order valence-electron chi connectivity index (χ0n) is 18.8. The Morgan fingerprint density at radius 2 is 1.45 bits per heavy atom. The molecule has 1 saturated carbocycles. The number of hydrogen-bond acceptors (Lipinski definition) is 1. The molecule has 2 aromatic rings. The van der Waals surface area contributed by atoms with E-state index in [2.05, 4.69) is 89.0 Å². The first-order valence-electron chi connectivity index (χ1n) is 11.1. The van der Waals surface area contributed by atoms with E-state index in [1.807, 2.05) is 6.07 Å². The molecule has 1 heteroatoms. The molecule has 0 aromatic heterocycles. The number of nitrogens with zero attached hydrogens (tertiary/aromatic N) is 1. The van der Waals surface area contributed by atoms with Gasteiger partial charge in [-0.1, -0.05) is 124 Å². The van der Waals surface area contributed by atoms with Crippen molar-refractivity contribution in [2.75, 3.05) is 0 Å². The first-order chi connectivity index (χ1) is 13.4. The lowest BCUT2D eigenvalue weighted by molar-refractivity contribution is 0.235. The van der Waals surface area contributed by atoms with Crippen LogP contribution in [0.15, 0.2) is 53.5 Å². The van der Waals surface area contributed by atoms with Crippen LogP contribution in [0.4, 0.5) is 5.69 Å². The second kappa shape index (κ2) is 15.8. The maximum atomic E-state index is 4.49. The van der Waals surface area contributed by atoms with E-state index < -0.39 is 0 Å². The van der Waals surface area contributed by atoms with E-state index in [1.54, 1.807) is 0 Å². The van der Waals surface area contributed by atoms with E-state index in [1.165, 1.54) is 47.4 Å². The molecule has 0 radical (unpaired) electrons. The first kappa shape index (κ1) is 31.3. The largest absolute Gasteiger partial charge is 0.257 e. The minimum absolute atomic E-state index is 0. The van der Waals surface area contributed by atoms with Gasteiger partial charge in [0.05, 0.1) is 5.69 Å². The molecule has 0 atom stereocenters. The highest BCUT2D eigenvalue weighted by Crippen LogP contribution is 2.32. The fraction of sp³-hybridized carbons (Fsp3) is 0.567. The van der Waals surface area contributed by atoms with Gasteiger partial charge in [0.15, 0.2) is 0 Å². The summed E-state index contributed by atoms with van der Waals surface area (Å²) in [6, 6.07) is 17.1. The van der Waals surface area contributed by atoms with Crippen LogP contribution < -0.4 is 0 Å². The maximum absolute atomic E-state index is 4.49. The fourth-order valence-corrected chi connectivity index (χ4v) is 3.46. The summed E-state index contributed by atoms with van der Waals surface area (Å²) in [7, 11) is 0. The van der Waals surface area contributed by atoms with Gasteiger partial charge in [0.25, 0.3) is 0 Å². The molecule has 0 bridgehead atoms. The summed E-state index contributed by atoms with van der Waals surface area (Å²) >= 11 is 0. The van der Waals surface area contributed by atoms with E-state index in [0.717, 1.165) is 24.7 Å². The van der Waals surface area contributed by atoms with Crippen LogP contribution in [-0.2, 0) is 6.42 Å². The van der Waals surface area contributed by atoms with Crippen LogP contribution in [0.3, 0.4) is 0 Å². The van der Waals surface area contributed by atoms with Crippen molar-refractivity contribution in [1.82, 2.24) is 0 Å². The summed E-state index contributed by atoms with van der Waals surface area (Å²) in [5, 5.41) is 0. The molecule has 0 amide bonds. The van der Waals surface area contributed by atoms with Crippen LogP contribution in [0.1, 0.15) is 105 Å². The van der Waals surface area contributed by atoms with Gasteiger partial charge in [-0.05, 0) is 48.3 Å². The third-order valence-corrected chi connectivity index (χ3v) is 5.91. The molecule has 176 valence electrons. The van der Waals surface area contributed by atoms with E-state index in [9.17, 15) is 0 Å². The summed E-state index contributed by atoms with van der Waals surface area (Å²) in [4.78, 5) is 4.49. The van der Waals surface area contributed by atoms with Crippen molar-refractivity contribution >= 4 is 11.4 Å². The van der Waals surface area contributed by atoms with Gasteiger partial charge in [-0.2, -0.15) is 0 Å². The van der Waals surface area contributed by atoms with Gasteiger partial charge in [-0.15, -0.1) is 0 Å². The predicted molar refractivity (Wildman–Crippen MR) is 145 cm³/mol. The molecule has 2 aromatic carbocycles. The summed E-state index contributed by atoms with van der Waals surface area (Å²) in [5.74, 6) is 2.69. The fourth-order valence-electron chi connectivity index (χ4n) is 3.46. The molecular weight excluding hydrogens is 374 g/mol. The van der Waals surface area contributed by atoms with Crippen LogP contribution in [0.5, 0.6) is 0 Å². The maximum Gasteiger partial charge on any atom is 0.0664 e. The van der Waals surface area contributed by atoms with Crippen molar-refractivity contribution in [3.8, 4) is 0 Å². The monoisotopic (exact) mass is 425 g/mol. The van der Waals surface area contributed by atoms with Crippen molar-refractivity contribution in [3.05, 3.63) is 65.2 Å². The number of hydrogen-bond donors (Lipinski definition) is 0. The summed E-state index contributed by atoms with van der Waals surface area (Å²) in [6.07, 6.45) is 6.62. The van der Waals surface area contributed by atoms with Crippen molar-refractivity contribution in [1.29, 1.82) is 0 Å². The van der Waals surface area contributed by atoms with Crippen LogP contribution in [0.2, 0.25) is 0 Å². The number of rotatable bonds is 3. The molecule has 0 N–H and O–H groups in total. The van der Waals surface area contributed by atoms with E-state index >= 15 is 0 Å². The van der Waals surface area contributed by atoms with Gasteiger partial charge >= 0.3 is 0 Å². The molecule has 1 fully saturated rings. The Kier molecular flexibility index (Phi) is 16.0. The van der Waals surface area contributed by atoms with Crippen molar-refractivity contribution in [2.45, 2.75) is 102 Å². The molecule has 1 aliphatic carbocycles. The van der Waals surface area contributed by atoms with Crippen molar-refractivity contribution < 1.29 is 0 Å². The SMILES string of the molecule is C.C.C.CC(C)C1CCC1.CCC1=Nc2ccccc2C1.Cc1ccc(C(C)C)cc1. The number of aliphatic imine (C=N–C) groups is 1. The molecule has 0 saturated heterocycles. The molecule has 31 heavy (non-hydrogen) atoms. The standard InChI is InChI=1S/C10H11N.C10H14.C7H14.3CH4/c1-2-9-7-8-5-3-4-6-10(8)11-9;1-8(2)10-6-4-9(3)5-7-10;1-6(2)7-4-3-5-7;;;/h3-6H,2,7H2,1H3;4-8H,1-3H3;6-7H,3-5H2,1-2H3;3*1H4. The Morgan fingerprint density at radius 1 is 0.871 bits per heavy atom. The third-order valence-electron chi connectivity index (χ3n) is 5.91. The van der Waals surface area contributed by atoms with Crippen LogP contribution in [0, 0.1) is 18.8 Å². The zero-order chi connectivity index (χ0) is 20.5. The van der Waals surface area contributed by atoms with E-state index in [0.29, 0.717) is 5.92 Å². The molecule has 0 spiro atoms. The lowest BCUT2D eigenvalue weighted by atomic mass is 9.78. The Hall–Kier alpha value is -1.89. The summed E-state index contributed by atoms with van der Waals surface area (Å²) < 4.78 is 0. The summed E-state index contributed by atoms with van der Waals surface area (Å²) in [5.41, 5.74) is 6.62. The molecule has 2 aliphatic rings. The second-order valence-corrected chi connectivity index (χ2v) is 8.84. The van der Waals surface area contributed by atoms with Gasteiger partial charge in [0.1, 0.15) is 0 Å². The normalized spacial score (nSPS) is 13.6. The van der Waals surface area contributed by atoms with Gasteiger partial charge in [-0.3, -0.25) is 4.99 Å². The average molecular weight is 426 g/mol. The Morgan fingerprint density at radius 3 is 1.84 bits per heavy atom. The highest BCUT2D eigenvalue weighted by Gasteiger charge is 2.19. The van der Waals surface area contributed by atoms with Crippen LogP contribution in [-0.4, -0.2) is 5.71 Å². The highest BCUT2D eigenvalue weighted by atomic mass is 14.8. The molecule has 1 aliphatic heterocycles. The smallest absolute Gasteiger partial charge is 0.0664 e. The predicted octanol–water partition coefficient (Wildman–Crippen LogP) is 10.2. The summed E-state index contributed by atoms with van der Waals surface area (Å²) in [6.45, 7) is 13.3. The first-order valence-corrected chi connectivity index (χ1v) is 11.1. The number of aryl methyl sites for hydroxylation is 1. The number of para-hydroxylation sites is 1. The average Bonchev–Trinajstić information content (AvgIpc) is 3.04. The van der Waals surface area contributed by atoms with Crippen LogP contribution >= 0.6 is 0 Å². The van der Waals surface area contributed by atoms with Crippen molar-refractivity contribution in [2.24, 2.45) is 16.8 Å². The van der Waals surface area contributed by atoms with Gasteiger partial charge < -0.3 is 0 Å². The number of fused-ring (bicyclic) bond motifs is 1. The molecule has 1 heterocycles. The Bertz CT molecular complexity index is 733. The van der Waals surface area contributed by atoms with E-state index in [-0.39, 0.29) is 22.3 Å². The molecular formula is C30H51N. The lowest BCUT2D eigenvalue weighted by Crippen LogP contribution is -2.16. The van der Waals surface area contributed by atoms with Crippen LogP contribution in [0.25, 0.3) is 0 Å². The quantitative estimate of drug-likeness (QED) is 0.463. The van der Waals surface area contributed by atoms with Crippen molar-refractivity contribution in [3.63, 3.8) is 0 Å². The second-order valence-electron chi connectivity index (χ2n) is 8.84. The molecule has 0 unspecified atom stereocenters. The minimum atomic E-state index is 0. The Labute approximate surface area is 195 Å². The van der Waals surface area contributed by atoms with E-state index in [4.69, 9.17) is 0 Å². The highest BCUT2D eigenvalue weighted by molar-refractivity contribution is 5.93. The van der Waals surface area contributed by atoms with Gasteiger partial charge in [-0.25, -0.2) is 0 Å². The van der Waals surface area contributed by atoms with Gasteiger partial charge in [0, 0.05) is 12.1 Å². The van der Waals surface area contributed by atoms with Gasteiger partial charge in [0.2, 0.25) is 0 Å². The molecule has 4 rings (SSSR count). The minimum Gasteiger partial charge on any atom is -0.257 e. The zero-order valence-corrected chi connectivity index (χ0v) is 18.8.